The van der Waals surface area contributed by atoms with E-state index in [-0.39, 0.29) is 0 Å². The molecule has 0 fully saturated rings. The molecule has 3 heteroatoms. The third-order valence-electron chi connectivity index (χ3n) is 11.5. The summed E-state index contributed by atoms with van der Waals surface area (Å²) in [6.07, 6.45) is 0. The lowest BCUT2D eigenvalue weighted by molar-refractivity contribution is 0.793. The predicted octanol–water partition coefficient (Wildman–Crippen LogP) is 14.2. The second kappa shape index (κ2) is 10.5. The molecule has 0 amide bonds. The molecule has 1 spiro atoms. The van der Waals surface area contributed by atoms with Gasteiger partial charge < -0.3 is 4.90 Å². The smallest absolute Gasteiger partial charge is 0.0726 e. The lowest BCUT2D eigenvalue weighted by Crippen LogP contribution is -2.26. The fraction of sp³-hybridized carbons (Fsp3) is 0.0204. The van der Waals surface area contributed by atoms with Crippen LogP contribution in [0.5, 0.6) is 0 Å². The minimum atomic E-state index is -0.401. The summed E-state index contributed by atoms with van der Waals surface area (Å²) in [6.45, 7) is 0. The highest BCUT2D eigenvalue weighted by Crippen LogP contribution is 2.63. The third-order valence-corrected chi connectivity index (χ3v) is 13.8. The number of anilines is 3. The molecule has 0 aliphatic heterocycles. The van der Waals surface area contributed by atoms with Gasteiger partial charge in [0.15, 0.2) is 0 Å². The molecule has 0 saturated heterocycles. The second-order valence-corrected chi connectivity index (χ2v) is 16.2. The van der Waals surface area contributed by atoms with Gasteiger partial charge in [0.25, 0.3) is 0 Å². The number of hydrogen-bond acceptors (Lipinski definition) is 3. The summed E-state index contributed by atoms with van der Waals surface area (Å²) in [6, 6.07) is 66.1. The Morgan fingerprint density at radius 2 is 0.692 bits per heavy atom. The summed E-state index contributed by atoms with van der Waals surface area (Å²) in [5.74, 6) is 0. The van der Waals surface area contributed by atoms with E-state index >= 15 is 0 Å². The first-order chi connectivity index (χ1) is 25.8. The maximum atomic E-state index is 2.50. The van der Waals surface area contributed by atoms with Crippen LogP contribution in [0.25, 0.3) is 62.6 Å². The van der Waals surface area contributed by atoms with Crippen LogP contribution in [0.2, 0.25) is 0 Å². The second-order valence-electron chi connectivity index (χ2n) is 14.0. The van der Waals surface area contributed by atoms with Gasteiger partial charge in [-0.15, -0.1) is 22.7 Å². The Morgan fingerprint density at radius 1 is 0.308 bits per heavy atom. The van der Waals surface area contributed by atoms with E-state index in [9.17, 15) is 0 Å². The highest BCUT2D eigenvalue weighted by atomic mass is 32.1. The first-order valence-corrected chi connectivity index (χ1v) is 19.5. The van der Waals surface area contributed by atoms with E-state index in [1.54, 1.807) is 0 Å². The summed E-state index contributed by atoms with van der Waals surface area (Å²) in [4.78, 5) is 2.49. The van der Waals surface area contributed by atoms with Gasteiger partial charge in [0, 0.05) is 57.4 Å². The first kappa shape index (κ1) is 28.7. The van der Waals surface area contributed by atoms with Crippen LogP contribution in [0, 0.1) is 0 Å². The molecule has 0 radical (unpaired) electrons. The highest BCUT2D eigenvalue weighted by molar-refractivity contribution is 7.26. The molecule has 1 nitrogen and oxygen atoms in total. The zero-order chi connectivity index (χ0) is 34.0. The summed E-state index contributed by atoms with van der Waals surface area (Å²) in [5.41, 5.74) is 13.8. The molecule has 242 valence electrons. The molecular weight excluding hydrogens is 667 g/mol. The zero-order valence-electron chi connectivity index (χ0n) is 28.0. The van der Waals surface area contributed by atoms with Crippen LogP contribution in [0.4, 0.5) is 17.1 Å². The minimum absolute atomic E-state index is 0.401. The van der Waals surface area contributed by atoms with Crippen molar-refractivity contribution >= 4 is 80.1 Å². The van der Waals surface area contributed by atoms with Crippen molar-refractivity contribution in [3.63, 3.8) is 0 Å². The molecule has 2 aliphatic carbocycles. The topological polar surface area (TPSA) is 3.24 Å². The van der Waals surface area contributed by atoms with Gasteiger partial charge >= 0.3 is 0 Å². The fourth-order valence-electron chi connectivity index (χ4n) is 9.38. The van der Waals surface area contributed by atoms with E-state index < -0.39 is 5.41 Å². The van der Waals surface area contributed by atoms with Crippen molar-refractivity contribution < 1.29 is 0 Å². The first-order valence-electron chi connectivity index (χ1n) is 17.8. The van der Waals surface area contributed by atoms with Crippen molar-refractivity contribution in [3.8, 4) is 22.3 Å². The van der Waals surface area contributed by atoms with Gasteiger partial charge in [-0.1, -0.05) is 115 Å². The van der Waals surface area contributed by atoms with E-state index in [0.29, 0.717) is 0 Å². The molecule has 10 aromatic rings. The lowest BCUT2D eigenvalue weighted by Gasteiger charge is -2.32. The summed E-state index contributed by atoms with van der Waals surface area (Å²) < 4.78 is 5.27. The monoisotopic (exact) mass is 695 g/mol. The predicted molar refractivity (Wildman–Crippen MR) is 223 cm³/mol. The average Bonchev–Trinajstić information content (AvgIpc) is 3.93. The standard InChI is InChI=1S/C49H29NS2/c1-6-16-41-33(11-1)34-12-2-7-17-42(34)49(41)43-18-8-3-13-35(43)36-24-21-32(29-44(36)49)50(30-22-25-47-39(27-30)37-14-4-9-19-45(37)51-47)31-23-26-48-40(28-31)38-15-5-10-20-46(38)52-48/h1-29H. The maximum Gasteiger partial charge on any atom is 0.0726 e. The van der Waals surface area contributed by atoms with Crippen molar-refractivity contribution in [1.82, 2.24) is 0 Å². The molecule has 2 heterocycles. The molecule has 2 aromatic heterocycles. The molecule has 0 saturated carbocycles. The van der Waals surface area contributed by atoms with E-state index in [2.05, 4.69) is 181 Å². The molecule has 0 unspecified atom stereocenters. The van der Waals surface area contributed by atoms with Gasteiger partial charge in [0.05, 0.1) is 5.41 Å². The molecule has 0 bridgehead atoms. The number of fused-ring (bicyclic) bond motifs is 16. The van der Waals surface area contributed by atoms with Crippen LogP contribution in [0.1, 0.15) is 22.3 Å². The number of nitrogens with zero attached hydrogens (tertiary/aromatic N) is 1. The number of hydrogen-bond donors (Lipinski definition) is 0. The Labute approximate surface area is 309 Å². The third kappa shape index (κ3) is 3.71. The van der Waals surface area contributed by atoms with Crippen LogP contribution in [0.15, 0.2) is 176 Å². The maximum absolute atomic E-state index is 2.50. The van der Waals surface area contributed by atoms with Gasteiger partial charge in [-0.05, 0) is 105 Å². The zero-order valence-corrected chi connectivity index (χ0v) is 29.6. The van der Waals surface area contributed by atoms with E-state index in [1.165, 1.54) is 84.9 Å². The largest absolute Gasteiger partial charge is 0.310 e. The van der Waals surface area contributed by atoms with Crippen molar-refractivity contribution in [2.75, 3.05) is 4.90 Å². The number of thiophene rings is 2. The SMILES string of the molecule is c1ccc2c(c1)-c1ccccc1C21c2ccccc2-c2ccc(N(c3ccc4sc5ccccc5c4c3)c3ccc4sc5ccccc5c4c3)cc21. The van der Waals surface area contributed by atoms with E-state index in [0.717, 1.165) is 17.1 Å². The van der Waals surface area contributed by atoms with Crippen LogP contribution in [-0.4, -0.2) is 0 Å². The molecule has 2 aliphatic rings. The molecule has 12 rings (SSSR count). The average molecular weight is 696 g/mol. The van der Waals surface area contributed by atoms with Crippen LogP contribution in [-0.2, 0) is 5.41 Å². The summed E-state index contributed by atoms with van der Waals surface area (Å²) in [7, 11) is 0. The minimum Gasteiger partial charge on any atom is -0.310 e. The van der Waals surface area contributed by atoms with Crippen LogP contribution >= 0.6 is 22.7 Å². The summed E-state index contributed by atoms with van der Waals surface area (Å²) >= 11 is 3.74. The Morgan fingerprint density at radius 3 is 1.21 bits per heavy atom. The van der Waals surface area contributed by atoms with Gasteiger partial charge in [-0.25, -0.2) is 0 Å². The van der Waals surface area contributed by atoms with Crippen LogP contribution in [0.3, 0.4) is 0 Å². The quantitative estimate of drug-likeness (QED) is 0.178. The van der Waals surface area contributed by atoms with Crippen molar-refractivity contribution in [3.05, 3.63) is 198 Å². The molecule has 52 heavy (non-hydrogen) atoms. The van der Waals surface area contributed by atoms with Gasteiger partial charge in [-0.3, -0.25) is 0 Å². The van der Waals surface area contributed by atoms with Gasteiger partial charge in [-0.2, -0.15) is 0 Å². The van der Waals surface area contributed by atoms with E-state index in [1.807, 2.05) is 22.7 Å². The molecule has 0 atom stereocenters. The van der Waals surface area contributed by atoms with Gasteiger partial charge in [0.2, 0.25) is 0 Å². The van der Waals surface area contributed by atoms with Gasteiger partial charge in [0.1, 0.15) is 0 Å². The fourth-order valence-corrected chi connectivity index (χ4v) is 11.5. The Bertz CT molecular complexity index is 2930. The molecule has 0 N–H and O–H groups in total. The normalized spacial score (nSPS) is 13.5. The van der Waals surface area contributed by atoms with Crippen molar-refractivity contribution in [2.45, 2.75) is 5.41 Å². The lowest BCUT2D eigenvalue weighted by atomic mass is 9.70. The Hall–Kier alpha value is -6.00. The van der Waals surface area contributed by atoms with Crippen molar-refractivity contribution in [1.29, 1.82) is 0 Å². The van der Waals surface area contributed by atoms with E-state index in [4.69, 9.17) is 0 Å². The Balaban J connectivity index is 1.15. The summed E-state index contributed by atoms with van der Waals surface area (Å²) in [5, 5.41) is 5.22. The van der Waals surface area contributed by atoms with Crippen LogP contribution < -0.4 is 4.90 Å². The highest BCUT2D eigenvalue weighted by Gasteiger charge is 2.51. The Kier molecular flexibility index (Phi) is 5.80. The number of benzene rings is 8. The number of rotatable bonds is 3. The molecular formula is C49H29NS2. The molecule has 8 aromatic carbocycles. The van der Waals surface area contributed by atoms with Crippen molar-refractivity contribution in [2.24, 2.45) is 0 Å².